The number of carbonyl (C=O) groups excluding carboxylic acids is 1. The minimum Gasteiger partial charge on any atom is -0.467 e. The summed E-state index contributed by atoms with van der Waals surface area (Å²) in [5.74, 6) is -0.588. The number of ether oxygens (including phenoxy) is 1. The highest BCUT2D eigenvalue weighted by Crippen LogP contribution is 2.20. The highest BCUT2D eigenvalue weighted by Gasteiger charge is 2.24. The summed E-state index contributed by atoms with van der Waals surface area (Å²) < 4.78 is 19.3. The molecule has 0 aliphatic rings. The van der Waals surface area contributed by atoms with E-state index in [-0.39, 0.29) is 17.3 Å². The van der Waals surface area contributed by atoms with Crippen LogP contribution in [0.5, 0.6) is 0 Å². The molecule has 0 bridgehead atoms. The molecule has 0 radical (unpaired) electrons. The predicted molar refractivity (Wildman–Crippen MR) is 86.6 cm³/mol. The molecule has 0 spiro atoms. The van der Waals surface area contributed by atoms with Crippen LogP contribution >= 0.6 is 0 Å². The molecule has 0 saturated heterocycles. The Kier molecular flexibility index (Phi) is 5.32. The first-order chi connectivity index (χ1) is 10.9. The number of aromatic nitrogens is 1. The first-order valence-corrected chi connectivity index (χ1v) is 7.49. The van der Waals surface area contributed by atoms with E-state index >= 15 is 0 Å². The zero-order valence-electron chi connectivity index (χ0n) is 13.5. The summed E-state index contributed by atoms with van der Waals surface area (Å²) in [5, 5.41) is 0. The molecule has 2 rings (SSSR count). The van der Waals surface area contributed by atoms with Crippen LogP contribution in [0.4, 0.5) is 4.39 Å². The largest absolute Gasteiger partial charge is 0.467 e. The zero-order chi connectivity index (χ0) is 17.0. The highest BCUT2D eigenvalue weighted by molar-refractivity contribution is 5.74. The topological polar surface area (TPSA) is 48.3 Å². The van der Waals surface area contributed by atoms with Crippen LogP contribution in [-0.2, 0) is 9.53 Å². The van der Waals surface area contributed by atoms with Gasteiger partial charge in [0.2, 0.25) is 0 Å². The lowest BCUT2D eigenvalue weighted by atomic mass is 10.0. The molecule has 0 N–H and O–H groups in total. The minimum absolute atomic E-state index is 0.223. The van der Waals surface area contributed by atoms with E-state index < -0.39 is 12.0 Å². The number of benzene rings is 1. The standard InChI is InChI=1S/C18H20FNO3/c1-12(2)11-16(18(22)23-3)20-10-4-5-15(17(20)21)13-6-8-14(19)9-7-13/h4-10,12,16H,11H2,1-3H3/t16-/m0/s1. The normalized spacial score (nSPS) is 12.2. The maximum atomic E-state index is 13.1. The van der Waals surface area contributed by atoms with Gasteiger partial charge in [0.15, 0.2) is 0 Å². The molecular formula is C18H20FNO3. The van der Waals surface area contributed by atoms with Gasteiger partial charge in [0, 0.05) is 11.8 Å². The average Bonchev–Trinajstić information content (AvgIpc) is 2.53. The van der Waals surface area contributed by atoms with Crippen LogP contribution in [-0.4, -0.2) is 17.6 Å². The minimum atomic E-state index is -0.673. The number of halogens is 1. The van der Waals surface area contributed by atoms with Crippen molar-refractivity contribution in [2.45, 2.75) is 26.3 Å². The third-order valence-electron chi connectivity index (χ3n) is 3.63. The van der Waals surface area contributed by atoms with Gasteiger partial charge in [0.05, 0.1) is 7.11 Å². The quantitative estimate of drug-likeness (QED) is 0.794. The lowest BCUT2D eigenvalue weighted by molar-refractivity contribution is -0.145. The number of rotatable bonds is 5. The van der Waals surface area contributed by atoms with Crippen molar-refractivity contribution in [3.8, 4) is 11.1 Å². The average molecular weight is 317 g/mol. The van der Waals surface area contributed by atoms with E-state index in [1.54, 1.807) is 30.5 Å². The second-order valence-electron chi connectivity index (χ2n) is 5.81. The van der Waals surface area contributed by atoms with E-state index in [1.807, 2.05) is 13.8 Å². The molecule has 122 valence electrons. The number of carbonyl (C=O) groups is 1. The Morgan fingerprint density at radius 3 is 2.43 bits per heavy atom. The second kappa shape index (κ2) is 7.22. The van der Waals surface area contributed by atoms with Crippen LogP contribution < -0.4 is 5.56 Å². The Balaban J connectivity index is 2.51. The van der Waals surface area contributed by atoms with Crippen molar-refractivity contribution in [2.75, 3.05) is 7.11 Å². The molecule has 0 aliphatic heterocycles. The van der Waals surface area contributed by atoms with Gasteiger partial charge in [-0.05, 0) is 42.2 Å². The number of hydrogen-bond acceptors (Lipinski definition) is 3. The number of hydrogen-bond donors (Lipinski definition) is 0. The van der Waals surface area contributed by atoms with Gasteiger partial charge >= 0.3 is 5.97 Å². The van der Waals surface area contributed by atoms with Crippen molar-refractivity contribution >= 4 is 5.97 Å². The summed E-state index contributed by atoms with van der Waals surface area (Å²) >= 11 is 0. The van der Waals surface area contributed by atoms with Gasteiger partial charge in [-0.1, -0.05) is 26.0 Å². The predicted octanol–water partition coefficient (Wildman–Crippen LogP) is 3.41. The molecule has 5 heteroatoms. The summed E-state index contributed by atoms with van der Waals surface area (Å²) in [6.07, 6.45) is 2.08. The van der Waals surface area contributed by atoms with Crippen molar-refractivity contribution in [1.82, 2.24) is 4.57 Å². The van der Waals surface area contributed by atoms with Gasteiger partial charge in [-0.25, -0.2) is 9.18 Å². The van der Waals surface area contributed by atoms with Crippen LogP contribution in [0, 0.1) is 11.7 Å². The van der Waals surface area contributed by atoms with E-state index in [4.69, 9.17) is 4.74 Å². The van der Waals surface area contributed by atoms with Gasteiger partial charge in [-0.3, -0.25) is 4.79 Å². The molecule has 1 aromatic carbocycles. The van der Waals surface area contributed by atoms with Crippen LogP contribution in [0.3, 0.4) is 0 Å². The molecule has 23 heavy (non-hydrogen) atoms. The van der Waals surface area contributed by atoms with E-state index in [0.29, 0.717) is 17.5 Å². The smallest absolute Gasteiger partial charge is 0.328 e. The maximum Gasteiger partial charge on any atom is 0.328 e. The molecule has 0 aliphatic carbocycles. The first-order valence-electron chi connectivity index (χ1n) is 7.49. The summed E-state index contributed by atoms with van der Waals surface area (Å²) in [6, 6.07) is 8.40. The Hall–Kier alpha value is -2.43. The SMILES string of the molecule is COC(=O)[C@H](CC(C)C)n1cccc(-c2ccc(F)cc2)c1=O. The number of methoxy groups -OCH3 is 1. The zero-order valence-corrected chi connectivity index (χ0v) is 13.5. The Morgan fingerprint density at radius 2 is 1.87 bits per heavy atom. The maximum absolute atomic E-state index is 13.1. The second-order valence-corrected chi connectivity index (χ2v) is 5.81. The fraction of sp³-hybridized carbons (Fsp3) is 0.333. The van der Waals surface area contributed by atoms with Crippen LogP contribution in [0.25, 0.3) is 11.1 Å². The lowest BCUT2D eigenvalue weighted by Gasteiger charge is -2.20. The fourth-order valence-corrected chi connectivity index (χ4v) is 2.51. The van der Waals surface area contributed by atoms with Gasteiger partial charge in [0.25, 0.3) is 5.56 Å². The molecule has 0 unspecified atom stereocenters. The first kappa shape index (κ1) is 16.9. The van der Waals surface area contributed by atoms with Crippen LogP contribution in [0.15, 0.2) is 47.4 Å². The number of nitrogens with zero attached hydrogens (tertiary/aromatic N) is 1. The lowest BCUT2D eigenvalue weighted by Crippen LogP contribution is -2.32. The number of esters is 1. The summed E-state index contributed by atoms with van der Waals surface area (Å²) in [7, 11) is 1.31. The monoisotopic (exact) mass is 317 g/mol. The van der Waals surface area contributed by atoms with Gasteiger partial charge in [-0.15, -0.1) is 0 Å². The highest BCUT2D eigenvalue weighted by atomic mass is 19.1. The third-order valence-corrected chi connectivity index (χ3v) is 3.63. The Morgan fingerprint density at radius 1 is 1.22 bits per heavy atom. The molecular weight excluding hydrogens is 297 g/mol. The van der Waals surface area contributed by atoms with Crippen LogP contribution in [0.2, 0.25) is 0 Å². The molecule has 1 heterocycles. The molecule has 0 fully saturated rings. The Labute approximate surface area is 134 Å². The van der Waals surface area contributed by atoms with Crippen molar-refractivity contribution < 1.29 is 13.9 Å². The number of pyridine rings is 1. The third kappa shape index (κ3) is 3.86. The van der Waals surface area contributed by atoms with E-state index in [9.17, 15) is 14.0 Å². The van der Waals surface area contributed by atoms with Gasteiger partial charge < -0.3 is 9.30 Å². The molecule has 0 amide bonds. The van der Waals surface area contributed by atoms with Crippen molar-refractivity contribution in [3.63, 3.8) is 0 Å². The molecule has 4 nitrogen and oxygen atoms in total. The van der Waals surface area contributed by atoms with E-state index in [0.717, 1.165) is 0 Å². The summed E-state index contributed by atoms with van der Waals surface area (Å²) in [6.45, 7) is 3.95. The summed E-state index contributed by atoms with van der Waals surface area (Å²) in [5.41, 5.74) is 0.735. The molecule has 2 aromatic rings. The van der Waals surface area contributed by atoms with Gasteiger partial charge in [0.1, 0.15) is 11.9 Å². The van der Waals surface area contributed by atoms with Crippen LogP contribution in [0.1, 0.15) is 26.3 Å². The van der Waals surface area contributed by atoms with Gasteiger partial charge in [-0.2, -0.15) is 0 Å². The fourth-order valence-electron chi connectivity index (χ4n) is 2.51. The summed E-state index contributed by atoms with van der Waals surface area (Å²) in [4.78, 5) is 24.8. The van der Waals surface area contributed by atoms with Crippen molar-refractivity contribution in [3.05, 3.63) is 58.8 Å². The molecule has 1 aromatic heterocycles. The Bertz CT molecular complexity index is 735. The van der Waals surface area contributed by atoms with Crippen molar-refractivity contribution in [2.24, 2.45) is 5.92 Å². The van der Waals surface area contributed by atoms with E-state index in [2.05, 4.69) is 0 Å². The van der Waals surface area contributed by atoms with E-state index in [1.165, 1.54) is 23.8 Å². The molecule has 1 atom stereocenters. The van der Waals surface area contributed by atoms with Crippen molar-refractivity contribution in [1.29, 1.82) is 0 Å². The molecule has 0 saturated carbocycles.